The van der Waals surface area contributed by atoms with Gasteiger partial charge in [0.05, 0.1) is 10.7 Å². The molecule has 2 rings (SSSR count). The summed E-state index contributed by atoms with van der Waals surface area (Å²) in [6, 6.07) is 0. The van der Waals surface area contributed by atoms with Gasteiger partial charge in [0.15, 0.2) is 0 Å². The lowest BCUT2D eigenvalue weighted by molar-refractivity contribution is 0.123. The smallest absolute Gasteiger partial charge is 0.0897 e. The van der Waals surface area contributed by atoms with Crippen molar-refractivity contribution >= 4 is 11.3 Å². The summed E-state index contributed by atoms with van der Waals surface area (Å²) in [7, 11) is 0. The number of hydrogen-bond acceptors (Lipinski definition) is 3. The van der Waals surface area contributed by atoms with E-state index in [1.807, 2.05) is 0 Å². The molecule has 0 aromatic carbocycles. The molecule has 1 aliphatic rings. The summed E-state index contributed by atoms with van der Waals surface area (Å²) < 4.78 is 0. The highest BCUT2D eigenvalue weighted by atomic mass is 32.1. The highest BCUT2D eigenvalue weighted by Gasteiger charge is 2.34. The molecule has 0 spiro atoms. The summed E-state index contributed by atoms with van der Waals surface area (Å²) >= 11 is 1.74. The molecule has 84 valence electrons. The molecule has 0 amide bonds. The molecule has 15 heavy (non-hydrogen) atoms. The van der Waals surface area contributed by atoms with Gasteiger partial charge in [-0.2, -0.15) is 0 Å². The van der Waals surface area contributed by atoms with Gasteiger partial charge in [-0.3, -0.25) is 0 Å². The monoisotopic (exact) mass is 224 g/mol. The van der Waals surface area contributed by atoms with Gasteiger partial charge in [0, 0.05) is 18.5 Å². The number of rotatable bonds is 5. The topological polar surface area (TPSA) is 24.9 Å². The second-order valence-electron chi connectivity index (χ2n) is 4.67. The third-order valence-corrected chi connectivity index (χ3v) is 4.46. The van der Waals surface area contributed by atoms with Crippen molar-refractivity contribution in [2.45, 2.75) is 46.1 Å². The number of nitrogens with zero attached hydrogens (tertiary/aromatic N) is 1. The Hall–Kier alpha value is -0.410. The van der Waals surface area contributed by atoms with E-state index in [4.69, 9.17) is 0 Å². The third kappa shape index (κ3) is 2.58. The van der Waals surface area contributed by atoms with E-state index in [9.17, 15) is 0 Å². The Bertz CT molecular complexity index is 310. The molecule has 0 bridgehead atoms. The number of hydrogen-bond donors (Lipinski definition) is 1. The van der Waals surface area contributed by atoms with Gasteiger partial charge in [-0.25, -0.2) is 4.98 Å². The molecule has 0 atom stereocenters. The zero-order valence-electron chi connectivity index (χ0n) is 9.68. The fourth-order valence-electron chi connectivity index (χ4n) is 2.28. The Morgan fingerprint density at radius 3 is 2.80 bits per heavy atom. The Labute approximate surface area is 96.1 Å². The van der Waals surface area contributed by atoms with Crippen LogP contribution in [0.4, 0.5) is 0 Å². The van der Waals surface area contributed by atoms with Crippen LogP contribution < -0.4 is 5.32 Å². The summed E-state index contributed by atoms with van der Waals surface area (Å²) in [5, 5.41) is 6.87. The minimum atomic E-state index is 0.616. The number of nitrogens with one attached hydrogen (secondary N) is 1. The molecule has 1 aromatic rings. The minimum absolute atomic E-state index is 0.616. The van der Waals surface area contributed by atoms with Gasteiger partial charge in [-0.15, -0.1) is 11.3 Å². The molecule has 2 nitrogen and oxygen atoms in total. The lowest BCUT2D eigenvalue weighted by Crippen LogP contribution is -2.39. The van der Waals surface area contributed by atoms with Crippen LogP contribution >= 0.6 is 11.3 Å². The quantitative estimate of drug-likeness (QED) is 0.831. The molecular formula is C12H20N2S. The van der Waals surface area contributed by atoms with Gasteiger partial charge < -0.3 is 5.32 Å². The van der Waals surface area contributed by atoms with E-state index in [-0.39, 0.29) is 0 Å². The first-order chi connectivity index (χ1) is 7.24. The van der Waals surface area contributed by atoms with Gasteiger partial charge in [0.2, 0.25) is 0 Å². The van der Waals surface area contributed by atoms with Crippen molar-refractivity contribution in [1.82, 2.24) is 10.3 Å². The van der Waals surface area contributed by atoms with Crippen LogP contribution in [0.1, 0.15) is 43.3 Å². The average molecular weight is 224 g/mol. The van der Waals surface area contributed by atoms with E-state index >= 15 is 0 Å². The number of aromatic nitrogens is 1. The molecule has 0 unspecified atom stereocenters. The Morgan fingerprint density at radius 1 is 1.53 bits per heavy atom. The van der Waals surface area contributed by atoms with Gasteiger partial charge in [-0.1, -0.05) is 13.3 Å². The fourth-order valence-corrected chi connectivity index (χ4v) is 2.89. The Kier molecular flexibility index (Phi) is 3.42. The standard InChI is InChI=1S/C12H20N2S/c1-3-12(5-4-6-12)9-13-7-11-8-15-10(2)14-11/h8,13H,3-7,9H2,1-2H3. The summed E-state index contributed by atoms with van der Waals surface area (Å²) in [5.74, 6) is 0. The van der Waals surface area contributed by atoms with E-state index in [0.29, 0.717) is 5.41 Å². The first kappa shape index (κ1) is 11.1. The van der Waals surface area contributed by atoms with E-state index in [2.05, 4.69) is 29.5 Å². The molecule has 0 aliphatic heterocycles. The Morgan fingerprint density at radius 2 is 2.33 bits per heavy atom. The van der Waals surface area contributed by atoms with Crippen LogP contribution in [0.3, 0.4) is 0 Å². The lowest BCUT2D eigenvalue weighted by Gasteiger charge is -2.41. The minimum Gasteiger partial charge on any atom is -0.311 e. The highest BCUT2D eigenvalue weighted by Crippen LogP contribution is 2.43. The molecular weight excluding hydrogens is 204 g/mol. The van der Waals surface area contributed by atoms with E-state index in [1.54, 1.807) is 11.3 Å². The maximum atomic E-state index is 4.46. The summed E-state index contributed by atoms with van der Waals surface area (Å²) in [6.07, 6.45) is 5.56. The van der Waals surface area contributed by atoms with E-state index in [0.717, 1.165) is 6.54 Å². The number of thiazole rings is 1. The van der Waals surface area contributed by atoms with Crippen molar-refractivity contribution in [3.05, 3.63) is 16.1 Å². The van der Waals surface area contributed by atoms with Crippen LogP contribution in [0.2, 0.25) is 0 Å². The fraction of sp³-hybridized carbons (Fsp3) is 0.750. The van der Waals surface area contributed by atoms with Crippen molar-refractivity contribution < 1.29 is 0 Å². The van der Waals surface area contributed by atoms with Crippen molar-refractivity contribution in [1.29, 1.82) is 0 Å². The van der Waals surface area contributed by atoms with Crippen LogP contribution in [0.5, 0.6) is 0 Å². The first-order valence-electron chi connectivity index (χ1n) is 5.86. The normalized spacial score (nSPS) is 18.8. The van der Waals surface area contributed by atoms with Crippen molar-refractivity contribution in [2.75, 3.05) is 6.54 Å². The molecule has 1 aromatic heterocycles. The zero-order valence-corrected chi connectivity index (χ0v) is 10.5. The zero-order chi connectivity index (χ0) is 10.7. The molecule has 0 radical (unpaired) electrons. The second-order valence-corrected chi connectivity index (χ2v) is 5.73. The van der Waals surface area contributed by atoms with Crippen molar-refractivity contribution in [3.63, 3.8) is 0 Å². The van der Waals surface area contributed by atoms with Crippen LogP contribution in [0, 0.1) is 12.3 Å². The number of aryl methyl sites for hydroxylation is 1. The summed E-state index contributed by atoms with van der Waals surface area (Å²) in [4.78, 5) is 4.46. The molecule has 3 heteroatoms. The van der Waals surface area contributed by atoms with Gasteiger partial charge in [-0.05, 0) is 31.6 Å². The van der Waals surface area contributed by atoms with Crippen LogP contribution in [0.15, 0.2) is 5.38 Å². The van der Waals surface area contributed by atoms with Crippen LogP contribution in [-0.2, 0) is 6.54 Å². The van der Waals surface area contributed by atoms with Gasteiger partial charge >= 0.3 is 0 Å². The molecule has 1 saturated carbocycles. The maximum absolute atomic E-state index is 4.46. The second kappa shape index (κ2) is 4.62. The summed E-state index contributed by atoms with van der Waals surface area (Å²) in [6.45, 7) is 6.48. The Balaban J connectivity index is 1.74. The predicted octanol–water partition coefficient (Wildman–Crippen LogP) is 3.12. The first-order valence-corrected chi connectivity index (χ1v) is 6.74. The van der Waals surface area contributed by atoms with E-state index in [1.165, 1.54) is 42.9 Å². The molecule has 0 saturated heterocycles. The van der Waals surface area contributed by atoms with Crippen LogP contribution in [0.25, 0.3) is 0 Å². The SMILES string of the molecule is CCC1(CNCc2csc(C)n2)CCC1. The predicted molar refractivity (Wildman–Crippen MR) is 65.1 cm³/mol. The molecule has 1 heterocycles. The van der Waals surface area contributed by atoms with Crippen molar-refractivity contribution in [2.24, 2.45) is 5.41 Å². The van der Waals surface area contributed by atoms with Crippen molar-refractivity contribution in [3.8, 4) is 0 Å². The molecule has 1 N–H and O–H groups in total. The third-order valence-electron chi connectivity index (χ3n) is 3.64. The highest BCUT2D eigenvalue weighted by molar-refractivity contribution is 7.09. The molecule has 1 aliphatic carbocycles. The summed E-state index contributed by atoms with van der Waals surface area (Å²) in [5.41, 5.74) is 1.81. The van der Waals surface area contributed by atoms with Gasteiger partial charge in [0.1, 0.15) is 0 Å². The largest absolute Gasteiger partial charge is 0.311 e. The van der Waals surface area contributed by atoms with E-state index < -0.39 is 0 Å². The van der Waals surface area contributed by atoms with Gasteiger partial charge in [0.25, 0.3) is 0 Å². The average Bonchev–Trinajstić information content (AvgIpc) is 2.56. The maximum Gasteiger partial charge on any atom is 0.0897 e. The lowest BCUT2D eigenvalue weighted by atomic mass is 9.67. The molecule has 1 fully saturated rings. The van der Waals surface area contributed by atoms with Crippen LogP contribution in [-0.4, -0.2) is 11.5 Å².